The van der Waals surface area contributed by atoms with Crippen LogP contribution in [-0.2, 0) is 14.4 Å². The number of hydrogen-bond donors (Lipinski definition) is 5. The summed E-state index contributed by atoms with van der Waals surface area (Å²) in [5.74, 6) is -5.43. The molecule has 1 aromatic heterocycles. The molecule has 0 radical (unpaired) electrons. The third-order valence-corrected chi connectivity index (χ3v) is 6.56. The second-order valence-corrected chi connectivity index (χ2v) is 9.89. The first kappa shape index (κ1) is 38.8. The van der Waals surface area contributed by atoms with Gasteiger partial charge in [0, 0.05) is 43.0 Å². The number of pyridine rings is 1. The van der Waals surface area contributed by atoms with E-state index < -0.39 is 24.3 Å². The smallest absolute Gasteiger partial charge is 0.490 e. The van der Waals surface area contributed by atoms with Gasteiger partial charge in [-0.1, -0.05) is 31.2 Å². The zero-order chi connectivity index (χ0) is 36.2. The van der Waals surface area contributed by atoms with Crippen LogP contribution in [0.5, 0.6) is 5.75 Å². The van der Waals surface area contributed by atoms with E-state index >= 15 is 0 Å². The molecule has 258 valence electrons. The summed E-state index contributed by atoms with van der Waals surface area (Å²) in [5.41, 5.74) is 9.28. The van der Waals surface area contributed by atoms with E-state index in [1.807, 2.05) is 24.3 Å². The molecule has 2 heterocycles. The van der Waals surface area contributed by atoms with E-state index in [2.05, 4.69) is 33.1 Å². The third kappa shape index (κ3) is 11.7. The van der Waals surface area contributed by atoms with Gasteiger partial charge in [-0.3, -0.25) is 9.69 Å². The quantitative estimate of drug-likeness (QED) is 0.231. The van der Waals surface area contributed by atoms with Crippen molar-refractivity contribution in [3.63, 3.8) is 0 Å². The van der Waals surface area contributed by atoms with Crippen LogP contribution in [0.25, 0.3) is 22.4 Å². The zero-order valence-corrected chi connectivity index (χ0v) is 25.1. The molecular weight excluding hydrogens is 654 g/mol. The molecule has 0 spiro atoms. The van der Waals surface area contributed by atoms with Gasteiger partial charge in [-0.05, 0) is 42.4 Å². The molecular formula is C30H30F6N6O6. The average molecular weight is 685 g/mol. The normalized spacial score (nSPS) is 13.5. The standard InChI is InChI=1S/C26H28N6O2.2C2HF3O2/c1-2-31-10-12-32(13-11-31)17-25(34)29-19-7-5-6-18(14-19)21-15-23(30-26(28)22(21)16-27)20-8-3-4-9-24(20)33;2*3-2(4,5)1(6)7/h3-9,14-15,33H,2,10-13,17H2,1H3,(H2,28,30)(H,29,34);2*(H,6,7). The molecule has 3 aromatic rings. The molecule has 0 unspecified atom stereocenters. The molecule has 1 aliphatic rings. The van der Waals surface area contributed by atoms with Crippen molar-refractivity contribution in [1.29, 1.82) is 5.26 Å². The number of nitrogen functional groups attached to an aromatic ring is 1. The Morgan fingerprint density at radius 2 is 1.44 bits per heavy atom. The van der Waals surface area contributed by atoms with Crippen LogP contribution in [0.1, 0.15) is 12.5 Å². The summed E-state index contributed by atoms with van der Waals surface area (Å²) in [6.07, 6.45) is -10.2. The number of phenolic OH excluding ortho intramolecular Hbond substituents is 1. The Bertz CT molecular complexity index is 1610. The number of piperazine rings is 1. The van der Waals surface area contributed by atoms with Crippen molar-refractivity contribution in [3.05, 3.63) is 60.2 Å². The minimum atomic E-state index is -5.08. The largest absolute Gasteiger partial charge is 0.507 e. The fourth-order valence-corrected chi connectivity index (χ4v) is 4.17. The van der Waals surface area contributed by atoms with Gasteiger partial charge in [0.2, 0.25) is 5.91 Å². The molecule has 0 atom stereocenters. The Morgan fingerprint density at radius 3 is 1.94 bits per heavy atom. The summed E-state index contributed by atoms with van der Waals surface area (Å²) < 4.78 is 63.5. The molecule has 1 amide bonds. The highest BCUT2D eigenvalue weighted by Gasteiger charge is 2.38. The van der Waals surface area contributed by atoms with Crippen LogP contribution in [0.2, 0.25) is 0 Å². The maximum absolute atomic E-state index is 12.7. The van der Waals surface area contributed by atoms with Gasteiger partial charge in [-0.25, -0.2) is 14.6 Å². The number of aliphatic carboxylic acids is 2. The number of nitriles is 1. The van der Waals surface area contributed by atoms with Crippen LogP contribution in [0, 0.1) is 11.3 Å². The van der Waals surface area contributed by atoms with Crippen molar-refractivity contribution >= 4 is 29.4 Å². The maximum Gasteiger partial charge on any atom is 0.490 e. The van der Waals surface area contributed by atoms with Crippen LogP contribution in [-0.4, -0.2) is 99.6 Å². The van der Waals surface area contributed by atoms with Gasteiger partial charge in [0.05, 0.1) is 12.2 Å². The van der Waals surface area contributed by atoms with Crippen molar-refractivity contribution in [2.24, 2.45) is 0 Å². The molecule has 6 N–H and O–H groups in total. The number of carbonyl (C=O) groups is 3. The number of nitrogens with two attached hydrogens (primary N) is 1. The van der Waals surface area contributed by atoms with Crippen molar-refractivity contribution in [2.45, 2.75) is 19.3 Å². The van der Waals surface area contributed by atoms with Crippen molar-refractivity contribution in [1.82, 2.24) is 14.8 Å². The highest BCUT2D eigenvalue weighted by atomic mass is 19.4. The van der Waals surface area contributed by atoms with E-state index in [0.717, 1.165) is 38.3 Å². The predicted octanol–water partition coefficient (Wildman–Crippen LogP) is 4.42. The van der Waals surface area contributed by atoms with Gasteiger partial charge < -0.3 is 31.3 Å². The summed E-state index contributed by atoms with van der Waals surface area (Å²) in [5, 5.41) is 37.2. The maximum atomic E-state index is 12.7. The highest BCUT2D eigenvalue weighted by Crippen LogP contribution is 2.35. The molecule has 48 heavy (non-hydrogen) atoms. The summed E-state index contributed by atoms with van der Waals surface area (Å²) in [6.45, 7) is 7.21. The number of carboxylic acids is 2. The van der Waals surface area contributed by atoms with Crippen molar-refractivity contribution in [2.75, 3.05) is 50.3 Å². The molecule has 0 bridgehead atoms. The first-order chi connectivity index (χ1) is 22.4. The van der Waals surface area contributed by atoms with Crippen LogP contribution in [0.4, 0.5) is 37.8 Å². The lowest BCUT2D eigenvalue weighted by Crippen LogP contribution is -2.48. The number of carbonyl (C=O) groups excluding carboxylic acids is 1. The lowest BCUT2D eigenvalue weighted by molar-refractivity contribution is -0.193. The molecule has 2 aromatic carbocycles. The molecule has 0 saturated carbocycles. The van der Waals surface area contributed by atoms with Crippen molar-refractivity contribution < 1.29 is 56.0 Å². The van der Waals surface area contributed by atoms with E-state index in [1.165, 1.54) is 0 Å². The molecule has 1 saturated heterocycles. The van der Waals surface area contributed by atoms with Crippen LogP contribution < -0.4 is 11.1 Å². The van der Waals surface area contributed by atoms with E-state index in [9.17, 15) is 41.5 Å². The Morgan fingerprint density at radius 1 is 0.896 bits per heavy atom. The SMILES string of the molecule is CCN1CCN(CC(=O)Nc2cccc(-c3cc(-c4ccccc4O)nc(N)c3C#N)c2)CC1.O=C(O)C(F)(F)F.O=C(O)C(F)(F)F. The Balaban J connectivity index is 0.000000479. The average Bonchev–Trinajstić information content (AvgIpc) is 3.01. The molecule has 1 aliphatic heterocycles. The second kappa shape index (κ2) is 16.9. The summed E-state index contributed by atoms with van der Waals surface area (Å²) >= 11 is 0. The number of amides is 1. The fourth-order valence-electron chi connectivity index (χ4n) is 4.17. The number of nitrogens with zero attached hydrogens (tertiary/aromatic N) is 4. The molecule has 18 heteroatoms. The third-order valence-electron chi connectivity index (χ3n) is 6.56. The minimum Gasteiger partial charge on any atom is -0.507 e. The van der Waals surface area contributed by atoms with Crippen molar-refractivity contribution in [3.8, 4) is 34.2 Å². The molecule has 4 rings (SSSR count). The minimum absolute atomic E-state index is 0.0749. The number of rotatable bonds is 6. The van der Waals surface area contributed by atoms with E-state index in [-0.39, 0.29) is 23.0 Å². The van der Waals surface area contributed by atoms with Gasteiger partial charge >= 0.3 is 24.3 Å². The first-order valence-electron chi connectivity index (χ1n) is 13.8. The summed E-state index contributed by atoms with van der Waals surface area (Å²) in [6, 6.07) is 18.0. The van der Waals surface area contributed by atoms with E-state index in [1.54, 1.807) is 30.3 Å². The number of aromatic hydroxyl groups is 1. The number of alkyl halides is 6. The predicted molar refractivity (Wildman–Crippen MR) is 160 cm³/mol. The number of halogens is 6. The Hall–Kier alpha value is -5.41. The van der Waals surface area contributed by atoms with E-state index in [4.69, 9.17) is 25.5 Å². The zero-order valence-electron chi connectivity index (χ0n) is 25.1. The highest BCUT2D eigenvalue weighted by molar-refractivity contribution is 5.93. The number of carboxylic acid groups (broad SMARTS) is 2. The second-order valence-electron chi connectivity index (χ2n) is 9.89. The fraction of sp³-hybridized carbons (Fsp3) is 0.300. The van der Waals surface area contributed by atoms with Crippen LogP contribution >= 0.6 is 0 Å². The number of nitrogens with one attached hydrogen (secondary N) is 1. The Kier molecular flexibility index (Phi) is 13.7. The van der Waals surface area contributed by atoms with Gasteiger partial charge in [0.1, 0.15) is 23.2 Å². The number of likely N-dealkylation sites (N-methyl/N-ethyl adjacent to an activating group) is 1. The van der Waals surface area contributed by atoms with Gasteiger partial charge in [0.15, 0.2) is 0 Å². The van der Waals surface area contributed by atoms with Crippen LogP contribution in [0.15, 0.2) is 54.6 Å². The van der Waals surface area contributed by atoms with Gasteiger partial charge in [0.25, 0.3) is 0 Å². The lowest BCUT2D eigenvalue weighted by Gasteiger charge is -2.33. The lowest BCUT2D eigenvalue weighted by atomic mass is 9.98. The number of phenols is 1. The van der Waals surface area contributed by atoms with Gasteiger partial charge in [-0.2, -0.15) is 31.6 Å². The number of hydrogen-bond acceptors (Lipinski definition) is 9. The number of benzene rings is 2. The number of anilines is 2. The molecule has 0 aliphatic carbocycles. The summed E-state index contributed by atoms with van der Waals surface area (Å²) in [7, 11) is 0. The number of aromatic nitrogens is 1. The number of para-hydroxylation sites is 1. The first-order valence-corrected chi connectivity index (χ1v) is 13.8. The Labute approximate surface area is 269 Å². The monoisotopic (exact) mass is 684 g/mol. The summed E-state index contributed by atoms with van der Waals surface area (Å²) in [4.78, 5) is 39.3. The molecule has 1 fully saturated rings. The van der Waals surface area contributed by atoms with Crippen LogP contribution in [0.3, 0.4) is 0 Å². The van der Waals surface area contributed by atoms with Gasteiger partial charge in [-0.15, -0.1) is 0 Å². The molecule has 12 nitrogen and oxygen atoms in total. The van der Waals surface area contributed by atoms with E-state index in [0.29, 0.717) is 29.1 Å². The topological polar surface area (TPSA) is 193 Å².